The quantitative estimate of drug-likeness (QED) is 0.413. The molecular formula is C16H21F7OS. The predicted molar refractivity (Wildman–Crippen MR) is 86.4 cm³/mol. The monoisotopic (exact) mass is 394 g/mol. The van der Waals surface area contributed by atoms with Crippen molar-refractivity contribution < 1.29 is 32.9 Å². The molecule has 0 aliphatic heterocycles. The minimum Gasteiger partial charge on any atom is -0.489 e. The van der Waals surface area contributed by atoms with E-state index in [1.807, 2.05) is 0 Å². The molecule has 0 spiro atoms. The Bertz CT molecular complexity index is 648. The Balaban J connectivity index is 3.36. The molecule has 0 bridgehead atoms. The number of ether oxygens (including phenoxy) is 1. The third-order valence-corrected chi connectivity index (χ3v) is 4.85. The molecular weight excluding hydrogens is 373 g/mol. The van der Waals surface area contributed by atoms with Gasteiger partial charge in [0.2, 0.25) is 0 Å². The normalized spacial score (nSPS) is 17.0. The van der Waals surface area contributed by atoms with E-state index < -0.39 is 45.0 Å². The van der Waals surface area contributed by atoms with Crippen LogP contribution in [0.3, 0.4) is 0 Å². The molecule has 0 heterocycles. The topological polar surface area (TPSA) is 9.23 Å². The lowest BCUT2D eigenvalue weighted by atomic mass is 10.0. The number of hydrogen-bond acceptors (Lipinski definition) is 1. The summed E-state index contributed by atoms with van der Waals surface area (Å²) in [5.41, 5.74) is -0.686. The second-order valence-electron chi connectivity index (χ2n) is 5.79. The van der Waals surface area contributed by atoms with Gasteiger partial charge in [-0.25, -0.2) is 8.78 Å². The van der Waals surface area contributed by atoms with Gasteiger partial charge in [-0.3, -0.25) is 0 Å². The Morgan fingerprint density at radius 2 is 1.80 bits per heavy atom. The Morgan fingerprint density at radius 1 is 1.20 bits per heavy atom. The van der Waals surface area contributed by atoms with Gasteiger partial charge in [-0.1, -0.05) is 38.5 Å². The summed E-state index contributed by atoms with van der Waals surface area (Å²) in [7, 11) is -10.1. The molecule has 25 heavy (non-hydrogen) atoms. The van der Waals surface area contributed by atoms with Crippen molar-refractivity contribution in [2.24, 2.45) is 0 Å². The number of benzene rings is 1. The fraction of sp³-hybridized carbons (Fsp3) is 0.500. The van der Waals surface area contributed by atoms with Gasteiger partial charge in [0.05, 0.1) is 5.83 Å². The first-order chi connectivity index (χ1) is 11.2. The first-order valence-electron chi connectivity index (χ1n) is 7.61. The zero-order valence-electron chi connectivity index (χ0n) is 14.1. The molecule has 0 aromatic heterocycles. The number of hydrogen-bond donors (Lipinski definition) is 0. The van der Waals surface area contributed by atoms with Crippen LogP contribution < -0.4 is 4.74 Å². The number of aryl methyl sites for hydroxylation is 1. The van der Waals surface area contributed by atoms with Crippen LogP contribution in [0.4, 0.5) is 28.2 Å². The largest absolute Gasteiger partial charge is 0.489 e. The van der Waals surface area contributed by atoms with E-state index in [9.17, 15) is 28.2 Å². The predicted octanol–water partition coefficient (Wildman–Crippen LogP) is 7.59. The zero-order valence-corrected chi connectivity index (χ0v) is 14.9. The standard InChI is InChI=1S/C16H21F7OS/c1-4-14(18)10-24-15-9-8-13(7-5-6-11(2)17)12(3)16(15)25(19,20,21,22)23/h6,8-9,14H,4-5,7,10H2,1-3H3/b11-6-. The van der Waals surface area contributed by atoms with Gasteiger partial charge in [0, 0.05) is 0 Å². The molecule has 0 N–H and O–H groups in total. The van der Waals surface area contributed by atoms with Crippen molar-refractivity contribution in [1.82, 2.24) is 0 Å². The molecule has 1 aromatic rings. The molecule has 1 aromatic carbocycles. The fourth-order valence-electron chi connectivity index (χ4n) is 2.30. The first-order valence-corrected chi connectivity index (χ1v) is 9.56. The maximum Gasteiger partial charge on any atom is 0.314 e. The number of rotatable bonds is 8. The molecule has 0 amide bonds. The zero-order chi connectivity index (χ0) is 19.5. The van der Waals surface area contributed by atoms with Crippen LogP contribution in [0, 0.1) is 6.92 Å². The molecule has 0 aliphatic carbocycles. The van der Waals surface area contributed by atoms with E-state index in [4.69, 9.17) is 4.74 Å². The van der Waals surface area contributed by atoms with Crippen LogP contribution in [0.25, 0.3) is 0 Å². The van der Waals surface area contributed by atoms with Crippen LogP contribution in [0.1, 0.15) is 37.8 Å². The van der Waals surface area contributed by atoms with Crippen LogP contribution in [0.5, 0.6) is 5.75 Å². The fourth-order valence-corrected chi connectivity index (χ4v) is 3.51. The van der Waals surface area contributed by atoms with Gasteiger partial charge in [0.25, 0.3) is 0 Å². The average molecular weight is 394 g/mol. The van der Waals surface area contributed by atoms with Crippen molar-refractivity contribution in [1.29, 1.82) is 0 Å². The maximum atomic E-state index is 13.5. The molecule has 9 heteroatoms. The molecule has 1 nitrogen and oxygen atoms in total. The minimum absolute atomic E-state index is 0.000361. The molecule has 0 saturated heterocycles. The smallest absolute Gasteiger partial charge is 0.314 e. The van der Waals surface area contributed by atoms with E-state index in [2.05, 4.69) is 0 Å². The molecule has 0 saturated carbocycles. The molecule has 1 rings (SSSR count). The summed E-state index contributed by atoms with van der Waals surface area (Å²) < 4.78 is 97.9. The van der Waals surface area contributed by atoms with E-state index in [0.717, 1.165) is 19.1 Å². The summed E-state index contributed by atoms with van der Waals surface area (Å²) in [5, 5.41) is 0. The van der Waals surface area contributed by atoms with E-state index in [1.165, 1.54) is 19.9 Å². The Morgan fingerprint density at radius 3 is 2.28 bits per heavy atom. The molecule has 146 valence electrons. The van der Waals surface area contributed by atoms with Gasteiger partial charge in [0.1, 0.15) is 18.5 Å². The van der Waals surface area contributed by atoms with Gasteiger partial charge < -0.3 is 4.74 Å². The molecule has 0 fully saturated rings. The van der Waals surface area contributed by atoms with Gasteiger partial charge in [-0.05, 0) is 50.3 Å². The summed E-state index contributed by atoms with van der Waals surface area (Å²) in [4.78, 5) is -2.14. The van der Waals surface area contributed by atoms with Gasteiger partial charge in [-0.15, -0.1) is 0 Å². The number of alkyl halides is 1. The SMILES string of the molecule is CCC(F)COc1ccc(CC/C=C(/C)F)c(C)c1S(F)(F)(F)(F)F. The third-order valence-electron chi connectivity index (χ3n) is 3.57. The van der Waals surface area contributed by atoms with Crippen molar-refractivity contribution in [3.63, 3.8) is 0 Å². The van der Waals surface area contributed by atoms with Crippen LogP contribution in [0.2, 0.25) is 0 Å². The molecule has 0 radical (unpaired) electrons. The van der Waals surface area contributed by atoms with Gasteiger partial charge in [-0.2, -0.15) is 0 Å². The second kappa shape index (κ2) is 6.74. The number of halogens is 7. The number of allylic oxidation sites excluding steroid dienone is 2. The summed E-state index contributed by atoms with van der Waals surface area (Å²) in [6.07, 6.45) is -0.417. The van der Waals surface area contributed by atoms with Crippen molar-refractivity contribution in [2.45, 2.75) is 51.1 Å². The summed E-state index contributed by atoms with van der Waals surface area (Å²) in [6, 6.07) is 1.97. The average Bonchev–Trinajstić information content (AvgIpc) is 2.43. The van der Waals surface area contributed by atoms with Crippen molar-refractivity contribution >= 4 is 10.2 Å². The Labute approximate surface area is 142 Å². The van der Waals surface area contributed by atoms with E-state index in [1.54, 1.807) is 0 Å². The third kappa shape index (κ3) is 6.45. The molecule has 0 aliphatic rings. The lowest BCUT2D eigenvalue weighted by Gasteiger charge is -2.42. The highest BCUT2D eigenvalue weighted by molar-refractivity contribution is 8.45. The van der Waals surface area contributed by atoms with Crippen molar-refractivity contribution in [2.75, 3.05) is 6.61 Å². The van der Waals surface area contributed by atoms with Gasteiger partial charge in [0.15, 0.2) is 4.90 Å². The summed E-state index contributed by atoms with van der Waals surface area (Å²) >= 11 is 0. The highest BCUT2D eigenvalue weighted by Gasteiger charge is 2.68. The highest BCUT2D eigenvalue weighted by atomic mass is 32.5. The van der Waals surface area contributed by atoms with Crippen LogP contribution in [-0.2, 0) is 6.42 Å². The summed E-state index contributed by atoms with van der Waals surface area (Å²) in [5.74, 6) is -1.60. The second-order valence-corrected chi connectivity index (χ2v) is 8.14. The van der Waals surface area contributed by atoms with Crippen molar-refractivity contribution in [3.8, 4) is 5.75 Å². The van der Waals surface area contributed by atoms with E-state index in [-0.39, 0.29) is 24.8 Å². The summed E-state index contributed by atoms with van der Waals surface area (Å²) in [6.45, 7) is 2.79. The van der Waals surface area contributed by atoms with Crippen molar-refractivity contribution in [3.05, 3.63) is 35.2 Å². The van der Waals surface area contributed by atoms with Crippen LogP contribution in [0.15, 0.2) is 28.9 Å². The molecule has 1 unspecified atom stereocenters. The maximum absolute atomic E-state index is 13.5. The minimum atomic E-state index is -10.1. The molecule has 1 atom stereocenters. The van der Waals surface area contributed by atoms with E-state index in [0.29, 0.717) is 0 Å². The van der Waals surface area contributed by atoms with Crippen LogP contribution in [-0.4, -0.2) is 12.8 Å². The first kappa shape index (κ1) is 21.7. The lowest BCUT2D eigenvalue weighted by Crippen LogP contribution is -2.16. The lowest BCUT2D eigenvalue weighted by molar-refractivity contribution is 0.186. The van der Waals surface area contributed by atoms with E-state index >= 15 is 0 Å². The Hall–Kier alpha value is -1.38. The van der Waals surface area contributed by atoms with Gasteiger partial charge >= 0.3 is 10.2 Å². The highest BCUT2D eigenvalue weighted by Crippen LogP contribution is 3.03. The van der Waals surface area contributed by atoms with Crippen LogP contribution >= 0.6 is 10.2 Å². The Kier molecular flexibility index (Phi) is 5.84.